The molecule has 8 heterocycles. The molecule has 14 heteroatoms. The van der Waals surface area contributed by atoms with Crippen LogP contribution in [0.25, 0.3) is 55.7 Å². The van der Waals surface area contributed by atoms with Gasteiger partial charge in [-0.25, -0.2) is 28.3 Å². The Labute approximate surface area is 331 Å². The van der Waals surface area contributed by atoms with Crippen molar-refractivity contribution < 1.29 is 17.6 Å². The average Bonchev–Trinajstić information content (AvgIpc) is 3.69. The highest BCUT2D eigenvalue weighted by molar-refractivity contribution is 5.85. The fourth-order valence-corrected chi connectivity index (χ4v) is 7.76. The fourth-order valence-electron chi connectivity index (χ4n) is 7.76. The number of pyridine rings is 2. The molecule has 12 nitrogen and oxygen atoms in total. The van der Waals surface area contributed by atoms with Crippen LogP contribution in [-0.2, 0) is 0 Å². The van der Waals surface area contributed by atoms with Crippen LogP contribution in [0.15, 0.2) is 116 Å². The van der Waals surface area contributed by atoms with Gasteiger partial charge in [0.25, 0.3) is 0 Å². The maximum atomic E-state index is 14.0. The van der Waals surface area contributed by atoms with Crippen molar-refractivity contribution in [3.63, 3.8) is 0 Å². The number of rotatable bonds is 4. The fraction of sp³-hybridized carbons (Fsp3) is 0.273. The highest BCUT2D eigenvalue weighted by Gasteiger charge is 2.18. The lowest BCUT2D eigenvalue weighted by Gasteiger charge is -2.22. The van der Waals surface area contributed by atoms with E-state index >= 15 is 0 Å². The molecule has 58 heavy (non-hydrogen) atoms. The minimum Gasteiger partial charge on any atom is -0.422 e. The number of imidazole rings is 2. The lowest BCUT2D eigenvalue weighted by Crippen LogP contribution is -2.28. The van der Waals surface area contributed by atoms with Gasteiger partial charge in [0.05, 0.1) is 22.5 Å². The van der Waals surface area contributed by atoms with Crippen LogP contribution < -0.4 is 21.1 Å². The molecule has 0 spiro atoms. The van der Waals surface area contributed by atoms with Gasteiger partial charge in [-0.3, -0.25) is 0 Å². The molecule has 0 unspecified atom stereocenters. The first-order chi connectivity index (χ1) is 28.1. The van der Waals surface area contributed by atoms with E-state index in [2.05, 4.69) is 55.8 Å². The van der Waals surface area contributed by atoms with Crippen LogP contribution in [0.5, 0.6) is 0 Å². The summed E-state index contributed by atoms with van der Waals surface area (Å²) in [6.45, 7) is 8.04. The van der Waals surface area contributed by atoms with Crippen molar-refractivity contribution in [2.75, 3.05) is 76.3 Å². The molecule has 0 aliphatic carbocycles. The molecular formula is C44H42F2N8O4. The first kappa shape index (κ1) is 37.2. The van der Waals surface area contributed by atoms with Gasteiger partial charge < -0.3 is 37.2 Å². The van der Waals surface area contributed by atoms with Crippen molar-refractivity contribution in [1.29, 1.82) is 0 Å². The largest absolute Gasteiger partial charge is 0.422 e. The zero-order chi connectivity index (χ0) is 39.9. The Bertz CT molecular complexity index is 2920. The Morgan fingerprint density at radius 1 is 0.586 bits per heavy atom. The summed E-state index contributed by atoms with van der Waals surface area (Å²) in [6, 6.07) is 21.3. The number of benzene rings is 2. The number of halogens is 2. The van der Waals surface area contributed by atoms with Crippen LogP contribution in [0.1, 0.15) is 12.8 Å². The molecule has 0 bridgehead atoms. The summed E-state index contributed by atoms with van der Waals surface area (Å²) in [5, 5.41) is 1.64. The first-order valence-electron chi connectivity index (χ1n) is 19.5. The Kier molecular flexibility index (Phi) is 9.96. The van der Waals surface area contributed by atoms with Crippen molar-refractivity contribution in [2.45, 2.75) is 12.8 Å². The van der Waals surface area contributed by atoms with Gasteiger partial charge in [-0.2, -0.15) is 0 Å². The quantitative estimate of drug-likeness (QED) is 0.178. The van der Waals surface area contributed by atoms with Gasteiger partial charge >= 0.3 is 11.3 Å². The zero-order valence-corrected chi connectivity index (χ0v) is 32.3. The van der Waals surface area contributed by atoms with E-state index in [4.69, 9.17) is 8.83 Å². The molecule has 0 atom stereocenters. The van der Waals surface area contributed by atoms with Crippen molar-refractivity contribution in [1.82, 2.24) is 28.6 Å². The van der Waals surface area contributed by atoms with Gasteiger partial charge in [-0.15, -0.1) is 0 Å². The smallest absolute Gasteiger partial charge is 0.345 e. The van der Waals surface area contributed by atoms with Gasteiger partial charge in [-0.05, 0) is 101 Å². The van der Waals surface area contributed by atoms with E-state index in [9.17, 15) is 18.4 Å². The summed E-state index contributed by atoms with van der Waals surface area (Å²) in [5.41, 5.74) is 4.60. The number of hydrogen-bond acceptors (Lipinski definition) is 10. The van der Waals surface area contributed by atoms with Crippen LogP contribution in [0.4, 0.5) is 20.2 Å². The Morgan fingerprint density at radius 3 is 1.74 bits per heavy atom. The normalized spacial score (nSPS) is 15.9. The van der Waals surface area contributed by atoms with E-state index in [-0.39, 0.29) is 11.5 Å². The van der Waals surface area contributed by atoms with Crippen molar-refractivity contribution in [3.8, 4) is 22.5 Å². The molecule has 0 N–H and O–H groups in total. The molecule has 0 saturated carbocycles. The lowest BCUT2D eigenvalue weighted by molar-refractivity contribution is 0.360. The molecule has 0 amide bonds. The summed E-state index contributed by atoms with van der Waals surface area (Å²) in [5.74, 6) is -0.795. The second-order valence-electron chi connectivity index (χ2n) is 15.1. The third-order valence-corrected chi connectivity index (χ3v) is 11.0. The molecule has 2 fully saturated rings. The molecule has 10 rings (SSSR count). The zero-order valence-electron chi connectivity index (χ0n) is 32.3. The van der Waals surface area contributed by atoms with E-state index in [1.807, 2.05) is 24.3 Å². The maximum Gasteiger partial charge on any atom is 0.345 e. The highest BCUT2D eigenvalue weighted by Crippen LogP contribution is 2.28. The SMILES string of the molecule is CN1CCCN(c2ccc3cc(-c4cn5cc(F)ccc5n4)c(=O)oc3c2)CC1.CN1CCCN(c2ccc3cc(-c4cn5cccc(F)c5n4)c(=O)oc3c2)CC1. The minimum atomic E-state index is -0.478. The summed E-state index contributed by atoms with van der Waals surface area (Å²) in [6.07, 6.45) is 8.51. The molecule has 8 aromatic rings. The molecule has 2 aliphatic rings. The number of anilines is 2. The van der Waals surface area contributed by atoms with Crippen LogP contribution in [-0.4, -0.2) is 95.0 Å². The molecule has 0 radical (unpaired) electrons. The lowest BCUT2D eigenvalue weighted by atomic mass is 10.1. The van der Waals surface area contributed by atoms with Crippen LogP contribution in [0.2, 0.25) is 0 Å². The Hall–Kier alpha value is -6.38. The van der Waals surface area contributed by atoms with Gasteiger partial charge in [0.2, 0.25) is 0 Å². The summed E-state index contributed by atoms with van der Waals surface area (Å²) < 4.78 is 41.8. The predicted molar refractivity (Wildman–Crippen MR) is 222 cm³/mol. The second-order valence-corrected chi connectivity index (χ2v) is 15.1. The summed E-state index contributed by atoms with van der Waals surface area (Å²) in [7, 11) is 4.27. The molecule has 6 aromatic heterocycles. The predicted octanol–water partition coefficient (Wildman–Crippen LogP) is 6.78. The van der Waals surface area contributed by atoms with E-state index < -0.39 is 17.1 Å². The number of nitrogens with zero attached hydrogens (tertiary/aromatic N) is 8. The van der Waals surface area contributed by atoms with Gasteiger partial charge in [0, 0.05) is 98.3 Å². The topological polar surface area (TPSA) is 108 Å². The number of likely N-dealkylation sites (N-methyl/N-ethyl adjacent to an activating group) is 2. The molecule has 2 aromatic carbocycles. The van der Waals surface area contributed by atoms with Gasteiger partial charge in [0.1, 0.15) is 22.6 Å². The van der Waals surface area contributed by atoms with Crippen LogP contribution in [0.3, 0.4) is 0 Å². The Balaban J connectivity index is 0.000000150. The number of fused-ring (bicyclic) bond motifs is 4. The van der Waals surface area contributed by atoms with Gasteiger partial charge in [-0.1, -0.05) is 0 Å². The highest BCUT2D eigenvalue weighted by atomic mass is 19.1. The first-order valence-corrected chi connectivity index (χ1v) is 19.5. The minimum absolute atomic E-state index is 0.184. The van der Waals surface area contributed by atoms with E-state index in [1.54, 1.807) is 51.7 Å². The van der Waals surface area contributed by atoms with Gasteiger partial charge in [0.15, 0.2) is 11.5 Å². The average molecular weight is 785 g/mol. The summed E-state index contributed by atoms with van der Waals surface area (Å²) >= 11 is 0. The monoisotopic (exact) mass is 784 g/mol. The van der Waals surface area contributed by atoms with E-state index in [0.717, 1.165) is 87.3 Å². The standard InChI is InChI=1S/2C22H21FN4O2/c1-25-7-2-8-26(10-9-25)17-5-3-15-11-18(22(28)29-20(15)12-17)19-14-27-13-16(23)4-6-21(27)24-19;1-25-7-3-9-26(11-10-25)16-6-5-15-12-17(22(28)29-20(15)13-16)19-14-27-8-2-4-18(23)21(27)24-19/h3-6,11-14H,2,7-10H2,1H3;2,4-6,8,12-14H,3,7,9-11H2,1H3. The Morgan fingerprint density at radius 2 is 1.16 bits per heavy atom. The molecule has 296 valence electrons. The van der Waals surface area contributed by atoms with E-state index in [1.165, 1.54) is 18.3 Å². The van der Waals surface area contributed by atoms with E-state index in [0.29, 0.717) is 39.3 Å². The van der Waals surface area contributed by atoms with Crippen molar-refractivity contribution in [2.24, 2.45) is 0 Å². The number of aromatic nitrogens is 4. The summed E-state index contributed by atoms with van der Waals surface area (Å²) in [4.78, 5) is 43.3. The van der Waals surface area contributed by atoms with Crippen molar-refractivity contribution >= 4 is 44.6 Å². The maximum absolute atomic E-state index is 14.0. The third-order valence-electron chi connectivity index (χ3n) is 11.0. The van der Waals surface area contributed by atoms with Crippen LogP contribution >= 0.6 is 0 Å². The number of hydrogen-bond donors (Lipinski definition) is 0. The van der Waals surface area contributed by atoms with Crippen LogP contribution in [0, 0.1) is 11.6 Å². The van der Waals surface area contributed by atoms with Crippen molar-refractivity contribution in [3.05, 3.63) is 130 Å². The molecule has 2 aliphatic heterocycles. The second kappa shape index (κ2) is 15.5. The third kappa shape index (κ3) is 7.55. The molecular weight excluding hydrogens is 743 g/mol. The molecule has 2 saturated heterocycles.